The summed E-state index contributed by atoms with van der Waals surface area (Å²) in [7, 11) is 0. The predicted molar refractivity (Wildman–Crippen MR) is 261 cm³/mol. The van der Waals surface area contributed by atoms with Crippen molar-refractivity contribution in [1.29, 1.82) is 0 Å². The zero-order valence-electron chi connectivity index (χ0n) is 40.5. The maximum Gasteiger partial charge on any atom is 0.249 e. The number of nitrogens with one attached hydrogen (secondary N) is 1. The summed E-state index contributed by atoms with van der Waals surface area (Å²) in [5.41, 5.74) is 0. The van der Waals surface area contributed by atoms with Crippen molar-refractivity contribution in [3.63, 3.8) is 0 Å². The predicted octanol–water partition coefficient (Wildman–Crippen LogP) is 9.73. The second-order valence-electron chi connectivity index (χ2n) is 18.2. The van der Waals surface area contributed by atoms with Crippen LogP contribution in [-0.4, -0.2) is 110 Å². The first kappa shape index (κ1) is 60.1. The Hall–Kier alpha value is -1.93. The first-order valence-corrected chi connectivity index (χ1v) is 26.0. The second-order valence-corrected chi connectivity index (χ2v) is 18.2. The Balaban J connectivity index is 2.43. The van der Waals surface area contributed by atoms with Crippen molar-refractivity contribution in [2.24, 2.45) is 0 Å². The summed E-state index contributed by atoms with van der Waals surface area (Å²) in [5, 5.41) is 75.8. The minimum absolute atomic E-state index is 0.238. The summed E-state index contributed by atoms with van der Waals surface area (Å²) in [6.07, 6.45) is 40.1. The molecule has 1 amide bonds. The third-order valence-corrected chi connectivity index (χ3v) is 12.3. The van der Waals surface area contributed by atoms with Gasteiger partial charge in [0.2, 0.25) is 5.91 Å². The van der Waals surface area contributed by atoms with Gasteiger partial charge in [0, 0.05) is 0 Å². The lowest BCUT2D eigenvalue weighted by molar-refractivity contribution is -0.303. The smallest absolute Gasteiger partial charge is 0.249 e. The third-order valence-electron chi connectivity index (χ3n) is 12.3. The van der Waals surface area contributed by atoms with Crippen LogP contribution in [0, 0.1) is 0 Å². The van der Waals surface area contributed by atoms with Gasteiger partial charge in [-0.05, 0) is 89.9 Å². The SMILES string of the molecule is CCCCCC/C=C/CC/C=C/CC/C=C/CCCC(O)C(O)C(COC1OC(CO)C(O)C(O)C1O)NC(=O)C(O)CCCCCCCC/C=C\CCCCCCCCCCCC. The van der Waals surface area contributed by atoms with Crippen LogP contribution >= 0.6 is 0 Å². The number of rotatable bonds is 43. The fourth-order valence-electron chi connectivity index (χ4n) is 8.00. The molecule has 8 N–H and O–H groups in total. The summed E-state index contributed by atoms with van der Waals surface area (Å²) in [6, 6.07) is -1.20. The lowest BCUT2D eigenvalue weighted by Gasteiger charge is -2.40. The van der Waals surface area contributed by atoms with Crippen molar-refractivity contribution in [1.82, 2.24) is 5.32 Å². The van der Waals surface area contributed by atoms with Gasteiger partial charge in [-0.1, -0.05) is 172 Å². The van der Waals surface area contributed by atoms with Gasteiger partial charge >= 0.3 is 0 Å². The van der Waals surface area contributed by atoms with E-state index < -0.39 is 74.2 Å². The molecule has 1 rings (SSSR count). The van der Waals surface area contributed by atoms with E-state index in [2.05, 4.69) is 67.8 Å². The molecular formula is C53H97NO10. The highest BCUT2D eigenvalue weighted by atomic mass is 16.7. The number of hydrogen-bond acceptors (Lipinski definition) is 10. The highest BCUT2D eigenvalue weighted by Crippen LogP contribution is 2.23. The molecule has 0 aliphatic carbocycles. The van der Waals surface area contributed by atoms with Crippen LogP contribution in [-0.2, 0) is 14.3 Å². The molecule has 1 fully saturated rings. The minimum Gasteiger partial charge on any atom is -0.394 e. The van der Waals surface area contributed by atoms with Crippen LogP contribution in [0.15, 0.2) is 48.6 Å². The number of allylic oxidation sites excluding steroid dienone is 8. The van der Waals surface area contributed by atoms with Crippen LogP contribution < -0.4 is 5.32 Å². The average Bonchev–Trinajstić information content (AvgIpc) is 3.29. The van der Waals surface area contributed by atoms with Crippen LogP contribution in [0.2, 0.25) is 0 Å². The van der Waals surface area contributed by atoms with Crippen molar-refractivity contribution < 1.29 is 50.0 Å². The number of aliphatic hydroxyl groups is 7. The first-order valence-electron chi connectivity index (χ1n) is 26.0. The molecule has 1 heterocycles. The fourth-order valence-corrected chi connectivity index (χ4v) is 8.00. The molecule has 9 atom stereocenters. The molecule has 1 aliphatic heterocycles. The van der Waals surface area contributed by atoms with Crippen LogP contribution in [0.25, 0.3) is 0 Å². The quantitative estimate of drug-likeness (QED) is 0.0216. The number of ether oxygens (including phenoxy) is 2. The van der Waals surface area contributed by atoms with Gasteiger partial charge in [0.05, 0.1) is 25.4 Å². The molecule has 374 valence electrons. The normalized spacial score (nSPS) is 21.4. The molecular weight excluding hydrogens is 811 g/mol. The van der Waals surface area contributed by atoms with E-state index in [1.165, 1.54) is 103 Å². The van der Waals surface area contributed by atoms with E-state index in [0.717, 1.165) is 64.2 Å². The van der Waals surface area contributed by atoms with E-state index in [1.807, 2.05) is 0 Å². The van der Waals surface area contributed by atoms with Gasteiger partial charge in [0.15, 0.2) is 6.29 Å². The first-order chi connectivity index (χ1) is 31.2. The number of unbranched alkanes of at least 4 members (excludes halogenated alkanes) is 23. The standard InChI is InChI=1S/C53H97NO10/c1-3-5-7-9-11-13-15-17-19-21-22-23-25-27-29-31-33-35-37-39-41-46(57)52(62)54-44(43-63-53-51(61)50(60)49(59)47(42-55)64-53)48(58)45(56)40-38-36-34-32-30-28-26-24-20-18-16-14-12-10-8-6-4-2/h14,16,23-26,32,34,44-51,53,55-61H,3-13,15,17-22,27-31,33,35-43H2,1-2H3,(H,54,62)/b16-14+,25-23-,26-24+,34-32+. The average molecular weight is 908 g/mol. The number of carbonyl (C=O) groups is 1. The zero-order valence-corrected chi connectivity index (χ0v) is 40.5. The maximum atomic E-state index is 13.1. The number of hydrogen-bond donors (Lipinski definition) is 8. The van der Waals surface area contributed by atoms with Crippen LogP contribution in [0.4, 0.5) is 0 Å². The largest absolute Gasteiger partial charge is 0.394 e. The molecule has 1 saturated heterocycles. The molecule has 11 nitrogen and oxygen atoms in total. The molecule has 0 saturated carbocycles. The Morgan fingerprint density at radius 3 is 1.41 bits per heavy atom. The van der Waals surface area contributed by atoms with Gasteiger partial charge < -0.3 is 50.5 Å². The highest BCUT2D eigenvalue weighted by Gasteiger charge is 2.44. The Morgan fingerprint density at radius 1 is 0.531 bits per heavy atom. The maximum absolute atomic E-state index is 13.1. The molecule has 0 radical (unpaired) electrons. The summed E-state index contributed by atoms with van der Waals surface area (Å²) in [6.45, 7) is 3.41. The second kappa shape index (κ2) is 42.4. The summed E-state index contributed by atoms with van der Waals surface area (Å²) >= 11 is 0. The van der Waals surface area contributed by atoms with Crippen molar-refractivity contribution in [3.8, 4) is 0 Å². The molecule has 11 heteroatoms. The minimum atomic E-state index is -1.67. The lowest BCUT2D eigenvalue weighted by Crippen LogP contribution is -2.60. The van der Waals surface area contributed by atoms with E-state index in [-0.39, 0.29) is 12.8 Å². The molecule has 64 heavy (non-hydrogen) atoms. The van der Waals surface area contributed by atoms with E-state index >= 15 is 0 Å². The van der Waals surface area contributed by atoms with Crippen molar-refractivity contribution in [2.75, 3.05) is 13.2 Å². The van der Waals surface area contributed by atoms with E-state index in [0.29, 0.717) is 19.3 Å². The summed E-state index contributed by atoms with van der Waals surface area (Å²) < 4.78 is 11.1. The van der Waals surface area contributed by atoms with Crippen LogP contribution in [0.5, 0.6) is 0 Å². The van der Waals surface area contributed by atoms with E-state index in [4.69, 9.17) is 9.47 Å². The molecule has 1 aliphatic rings. The van der Waals surface area contributed by atoms with Crippen LogP contribution in [0.3, 0.4) is 0 Å². The molecule has 0 aromatic carbocycles. The topological polar surface area (TPSA) is 189 Å². The van der Waals surface area contributed by atoms with Gasteiger partial charge in [-0.3, -0.25) is 4.79 Å². The molecule has 0 spiro atoms. The van der Waals surface area contributed by atoms with Gasteiger partial charge in [-0.25, -0.2) is 0 Å². The number of amides is 1. The molecule has 0 aromatic heterocycles. The zero-order chi connectivity index (χ0) is 46.9. The Morgan fingerprint density at radius 2 is 0.938 bits per heavy atom. The van der Waals surface area contributed by atoms with Crippen LogP contribution in [0.1, 0.15) is 213 Å². The monoisotopic (exact) mass is 908 g/mol. The summed E-state index contributed by atoms with van der Waals surface area (Å²) in [5.74, 6) is -0.718. The third kappa shape index (κ3) is 31.1. The molecule has 0 aromatic rings. The number of aliphatic hydroxyl groups excluding tert-OH is 7. The Kier molecular flexibility index (Phi) is 39.8. The van der Waals surface area contributed by atoms with Gasteiger partial charge in [-0.2, -0.15) is 0 Å². The van der Waals surface area contributed by atoms with Gasteiger partial charge in [0.1, 0.15) is 36.6 Å². The Bertz CT molecular complexity index is 1180. The van der Waals surface area contributed by atoms with Gasteiger partial charge in [-0.15, -0.1) is 0 Å². The van der Waals surface area contributed by atoms with Gasteiger partial charge in [0.25, 0.3) is 0 Å². The highest BCUT2D eigenvalue weighted by molar-refractivity contribution is 5.80. The van der Waals surface area contributed by atoms with Crippen molar-refractivity contribution in [2.45, 2.75) is 268 Å². The molecule has 9 unspecified atom stereocenters. The number of carbonyl (C=O) groups excluding carboxylic acids is 1. The Labute approximate surface area is 389 Å². The van der Waals surface area contributed by atoms with Crippen molar-refractivity contribution in [3.05, 3.63) is 48.6 Å². The summed E-state index contributed by atoms with van der Waals surface area (Å²) in [4.78, 5) is 13.1. The lowest BCUT2D eigenvalue weighted by atomic mass is 9.98. The van der Waals surface area contributed by atoms with E-state index in [9.17, 15) is 40.5 Å². The fraction of sp³-hybridized carbons (Fsp3) is 0.830. The van der Waals surface area contributed by atoms with Crippen molar-refractivity contribution >= 4 is 5.91 Å². The molecule has 0 bridgehead atoms. The van der Waals surface area contributed by atoms with E-state index in [1.54, 1.807) is 0 Å².